The Morgan fingerprint density at radius 1 is 0.906 bits per heavy atom. The van der Waals surface area contributed by atoms with Crippen LogP contribution >= 0.6 is 11.6 Å². The van der Waals surface area contributed by atoms with Crippen LogP contribution in [0.5, 0.6) is 0 Å². The molecule has 1 atom stereocenters. The van der Waals surface area contributed by atoms with Gasteiger partial charge in [-0.2, -0.15) is 0 Å². The quantitative estimate of drug-likeness (QED) is 0.639. The van der Waals surface area contributed by atoms with Crippen molar-refractivity contribution in [1.29, 1.82) is 0 Å². The Morgan fingerprint density at radius 2 is 1.62 bits per heavy atom. The molecular formula is C27H21ClO4. The Kier molecular flexibility index (Phi) is 5.10. The number of fused-ring (bicyclic) bond motifs is 4. The van der Waals surface area contributed by atoms with Gasteiger partial charge in [-0.15, -0.1) is 0 Å². The zero-order chi connectivity index (χ0) is 22.4. The Hall–Kier alpha value is -3.37. The van der Waals surface area contributed by atoms with Crippen molar-refractivity contribution in [1.82, 2.24) is 0 Å². The summed E-state index contributed by atoms with van der Waals surface area (Å²) in [6.07, 6.45) is 7.39. The summed E-state index contributed by atoms with van der Waals surface area (Å²) in [5.41, 5.74) is 3.21. The van der Waals surface area contributed by atoms with Gasteiger partial charge in [-0.05, 0) is 93.4 Å². The lowest BCUT2D eigenvalue weighted by Crippen LogP contribution is -2.24. The fraction of sp³-hybridized carbons (Fsp3) is 0.185. The van der Waals surface area contributed by atoms with Crippen LogP contribution in [-0.4, -0.2) is 22.2 Å². The van der Waals surface area contributed by atoms with Crippen molar-refractivity contribution in [3.63, 3.8) is 0 Å². The average molecular weight is 445 g/mol. The molecular weight excluding hydrogens is 424 g/mol. The van der Waals surface area contributed by atoms with Crippen LogP contribution in [0.25, 0.3) is 12.2 Å². The lowest BCUT2D eigenvalue weighted by molar-refractivity contribution is 0.0695. The molecule has 0 saturated heterocycles. The van der Waals surface area contributed by atoms with Gasteiger partial charge in [0.05, 0.1) is 11.1 Å². The number of carboxylic acids is 2. The molecule has 0 bridgehead atoms. The third kappa shape index (κ3) is 3.51. The molecule has 2 N–H and O–H groups in total. The molecule has 1 unspecified atom stereocenters. The number of benzene rings is 3. The summed E-state index contributed by atoms with van der Waals surface area (Å²) in [5, 5.41) is 24.6. The molecule has 3 aromatic rings. The van der Waals surface area contributed by atoms with Crippen LogP contribution in [0.2, 0.25) is 5.02 Å². The lowest BCUT2D eigenvalue weighted by Gasteiger charge is -2.23. The second kappa shape index (κ2) is 7.95. The van der Waals surface area contributed by atoms with Crippen LogP contribution in [-0.2, 0) is 19.3 Å². The monoisotopic (exact) mass is 444 g/mol. The molecule has 2 aliphatic rings. The summed E-state index contributed by atoms with van der Waals surface area (Å²) in [4.78, 5) is 23.4. The predicted octanol–water partition coefficient (Wildman–Crippen LogP) is 3.95. The molecule has 160 valence electrons. The van der Waals surface area contributed by atoms with E-state index in [4.69, 9.17) is 11.6 Å². The molecule has 0 spiro atoms. The zero-order valence-electron chi connectivity index (χ0n) is 17.3. The van der Waals surface area contributed by atoms with Crippen LogP contribution in [0.3, 0.4) is 0 Å². The molecule has 5 rings (SSSR count). The first-order chi connectivity index (χ1) is 15.4. The molecule has 5 heteroatoms. The molecule has 4 nitrogen and oxygen atoms in total. The number of carbonyl (C=O) groups is 2. The number of carboxylic acid groups (broad SMARTS) is 2. The first kappa shape index (κ1) is 20.5. The van der Waals surface area contributed by atoms with Gasteiger partial charge in [0.25, 0.3) is 0 Å². The van der Waals surface area contributed by atoms with Gasteiger partial charge in [-0.3, -0.25) is 0 Å². The first-order valence-corrected chi connectivity index (χ1v) is 11.0. The van der Waals surface area contributed by atoms with E-state index in [-0.39, 0.29) is 17.0 Å². The van der Waals surface area contributed by atoms with Crippen LogP contribution in [0.1, 0.15) is 43.8 Å². The van der Waals surface area contributed by atoms with Crippen LogP contribution in [0.4, 0.5) is 0 Å². The lowest BCUT2D eigenvalue weighted by atomic mass is 9.81. The second-order valence-electron chi connectivity index (χ2n) is 8.41. The molecule has 0 aromatic heterocycles. The molecule has 0 fully saturated rings. The minimum absolute atomic E-state index is 0.0689. The molecule has 0 heterocycles. The molecule has 0 saturated carbocycles. The minimum atomic E-state index is -1.09. The third-order valence-corrected chi connectivity index (χ3v) is 6.82. The summed E-state index contributed by atoms with van der Waals surface area (Å²) in [5.74, 6) is -2.11. The number of halogens is 1. The van der Waals surface area contributed by atoms with Crippen molar-refractivity contribution in [3.05, 3.63) is 102 Å². The maximum atomic E-state index is 11.7. The van der Waals surface area contributed by atoms with E-state index in [1.165, 1.54) is 39.8 Å². The van der Waals surface area contributed by atoms with Crippen molar-refractivity contribution < 1.29 is 19.8 Å². The Balaban J connectivity index is 1.60. The summed E-state index contributed by atoms with van der Waals surface area (Å²) in [6.45, 7) is 0. The van der Waals surface area contributed by atoms with E-state index >= 15 is 0 Å². The van der Waals surface area contributed by atoms with Crippen LogP contribution in [0, 0.1) is 16.4 Å². The van der Waals surface area contributed by atoms with Gasteiger partial charge in [-0.1, -0.05) is 48.0 Å². The topological polar surface area (TPSA) is 74.6 Å². The maximum Gasteiger partial charge on any atom is 0.335 e. The van der Waals surface area contributed by atoms with Gasteiger partial charge in [-0.25, -0.2) is 9.59 Å². The number of rotatable bonds is 4. The molecule has 0 amide bonds. The van der Waals surface area contributed by atoms with E-state index in [0.29, 0.717) is 12.0 Å². The molecule has 0 radical (unpaired) electrons. The van der Waals surface area contributed by atoms with Gasteiger partial charge in [0.1, 0.15) is 0 Å². The van der Waals surface area contributed by atoms with Crippen molar-refractivity contribution in [2.45, 2.75) is 25.7 Å². The van der Waals surface area contributed by atoms with Crippen molar-refractivity contribution >= 4 is 35.7 Å². The van der Waals surface area contributed by atoms with Gasteiger partial charge >= 0.3 is 11.9 Å². The van der Waals surface area contributed by atoms with E-state index < -0.39 is 11.9 Å². The highest BCUT2D eigenvalue weighted by molar-refractivity contribution is 6.30. The second-order valence-corrected chi connectivity index (χ2v) is 8.85. The Labute approximate surface area is 189 Å². The number of hydrogen-bond donors (Lipinski definition) is 2. The van der Waals surface area contributed by atoms with Gasteiger partial charge < -0.3 is 10.2 Å². The average Bonchev–Trinajstić information content (AvgIpc) is 2.78. The predicted molar refractivity (Wildman–Crippen MR) is 123 cm³/mol. The number of hydrogen-bond acceptors (Lipinski definition) is 2. The highest BCUT2D eigenvalue weighted by Crippen LogP contribution is 2.27. The van der Waals surface area contributed by atoms with E-state index in [1.54, 1.807) is 0 Å². The van der Waals surface area contributed by atoms with Crippen molar-refractivity contribution in [3.8, 4) is 0 Å². The highest BCUT2D eigenvalue weighted by Gasteiger charge is 2.23. The smallest absolute Gasteiger partial charge is 0.335 e. The van der Waals surface area contributed by atoms with E-state index in [2.05, 4.69) is 30.4 Å². The van der Waals surface area contributed by atoms with Gasteiger partial charge in [0.15, 0.2) is 0 Å². The largest absolute Gasteiger partial charge is 0.478 e. The summed E-state index contributed by atoms with van der Waals surface area (Å²) < 4.78 is 0. The molecule has 32 heavy (non-hydrogen) atoms. The fourth-order valence-corrected chi connectivity index (χ4v) is 5.29. The first-order valence-electron chi connectivity index (χ1n) is 10.6. The van der Waals surface area contributed by atoms with Crippen molar-refractivity contribution in [2.24, 2.45) is 5.92 Å². The van der Waals surface area contributed by atoms with E-state index in [0.717, 1.165) is 34.7 Å². The molecule has 0 aliphatic heterocycles. The maximum absolute atomic E-state index is 11.7. The molecule has 3 aromatic carbocycles. The zero-order valence-corrected chi connectivity index (χ0v) is 18.0. The third-order valence-electron chi connectivity index (χ3n) is 6.58. The van der Waals surface area contributed by atoms with Crippen LogP contribution in [0.15, 0.2) is 48.5 Å². The highest BCUT2D eigenvalue weighted by atomic mass is 35.5. The van der Waals surface area contributed by atoms with Crippen molar-refractivity contribution in [2.75, 3.05) is 0 Å². The summed E-state index contributed by atoms with van der Waals surface area (Å²) >= 11 is 6.16. The van der Waals surface area contributed by atoms with Gasteiger partial charge in [0.2, 0.25) is 0 Å². The fourth-order valence-electron chi connectivity index (χ4n) is 5.11. The van der Waals surface area contributed by atoms with E-state index in [1.807, 2.05) is 12.1 Å². The van der Waals surface area contributed by atoms with Gasteiger partial charge in [0, 0.05) is 5.02 Å². The summed E-state index contributed by atoms with van der Waals surface area (Å²) in [7, 11) is 0. The number of aromatic carboxylic acids is 2. The van der Waals surface area contributed by atoms with E-state index in [9.17, 15) is 19.8 Å². The Bertz CT molecular complexity index is 1470. The molecule has 2 aliphatic carbocycles. The normalized spacial score (nSPS) is 16.1. The van der Waals surface area contributed by atoms with Crippen LogP contribution < -0.4 is 10.4 Å². The minimum Gasteiger partial charge on any atom is -0.478 e. The standard InChI is InChI=1S/C27H21ClO4/c28-18-7-11-20-17(14-18)6-10-21-19-8-4-15(12-16(19)5-9-22(20)21)13-25-23(26(29)30)2-1-3-24(25)27(31)32/h1-3,5-7,9,11-12,14-15H,4,8,10,13H2,(H,29,30)(H,31,32). The summed E-state index contributed by atoms with van der Waals surface area (Å²) in [6, 6.07) is 14.7. The SMILES string of the molecule is O=C(O)c1cccc(C(=O)O)c1CC1C=c2ccc3c(c2CC1)CC=c1cc(Cl)ccc1=3. The Morgan fingerprint density at radius 3 is 2.34 bits per heavy atom.